The van der Waals surface area contributed by atoms with E-state index in [1.54, 1.807) is 0 Å². The van der Waals surface area contributed by atoms with Gasteiger partial charge in [-0.1, -0.05) is 53.0 Å². The van der Waals surface area contributed by atoms with E-state index in [1.165, 1.54) is 12.8 Å². The number of unbranched alkanes of at least 4 members (excludes halogenated alkanes) is 2. The van der Waals surface area contributed by atoms with E-state index in [0.717, 1.165) is 12.8 Å². The topological polar surface area (TPSA) is 51.5 Å². The number of rotatable bonds is 9. The Hall–Kier alpha value is -0.673. The smallest absolute Gasteiger partial charge is 0.192 e. The second kappa shape index (κ2) is 9.69. The van der Waals surface area contributed by atoms with Crippen LogP contribution in [0.15, 0.2) is 12.7 Å². The molecule has 0 aromatic heterocycles. The van der Waals surface area contributed by atoms with Gasteiger partial charge < -0.3 is 13.9 Å². The lowest BCUT2D eigenvalue weighted by molar-refractivity contribution is -0.298. The number of hydrogen-bond donors (Lipinski definition) is 0. The molecule has 27 heavy (non-hydrogen) atoms. The molecule has 1 heterocycles. The molecule has 0 radical (unpaired) electrons. The van der Waals surface area contributed by atoms with Crippen LogP contribution < -0.4 is 0 Å². The minimum absolute atomic E-state index is 0.0509. The highest BCUT2D eigenvalue weighted by molar-refractivity contribution is 6.74. The van der Waals surface area contributed by atoms with Gasteiger partial charge in [-0.3, -0.25) is 0 Å². The van der Waals surface area contributed by atoms with Gasteiger partial charge in [-0.25, -0.2) is 0 Å². The van der Waals surface area contributed by atoms with E-state index in [0.29, 0.717) is 6.42 Å². The summed E-state index contributed by atoms with van der Waals surface area (Å²) in [7, 11) is -1.93. The summed E-state index contributed by atoms with van der Waals surface area (Å²) >= 11 is 0. The second-order valence-electron chi connectivity index (χ2n) is 9.75. The van der Waals surface area contributed by atoms with Crippen molar-refractivity contribution in [3.05, 3.63) is 12.7 Å². The highest BCUT2D eigenvalue weighted by Gasteiger charge is 2.44. The van der Waals surface area contributed by atoms with Crippen LogP contribution in [0.3, 0.4) is 0 Å². The van der Waals surface area contributed by atoms with E-state index in [9.17, 15) is 5.26 Å². The Morgan fingerprint density at radius 2 is 1.93 bits per heavy atom. The summed E-state index contributed by atoms with van der Waals surface area (Å²) in [6.45, 7) is 21.5. The van der Waals surface area contributed by atoms with Crippen LogP contribution in [0.1, 0.15) is 73.6 Å². The lowest BCUT2D eigenvalue weighted by atomic mass is 9.88. The van der Waals surface area contributed by atoms with Crippen molar-refractivity contribution >= 4 is 8.32 Å². The molecule has 4 atom stereocenters. The van der Waals surface area contributed by atoms with Crippen molar-refractivity contribution in [2.45, 2.75) is 116 Å². The summed E-state index contributed by atoms with van der Waals surface area (Å²) in [5.74, 6) is -0.717. The molecule has 156 valence electrons. The van der Waals surface area contributed by atoms with Crippen molar-refractivity contribution in [3.8, 4) is 6.07 Å². The normalized spacial score (nSPS) is 25.4. The molecule has 0 bridgehead atoms. The predicted molar refractivity (Wildman–Crippen MR) is 114 cm³/mol. The largest absolute Gasteiger partial charge is 0.413 e. The maximum absolute atomic E-state index is 9.42. The maximum atomic E-state index is 9.42. The molecule has 1 fully saturated rings. The zero-order valence-electron chi connectivity index (χ0n) is 18.8. The van der Waals surface area contributed by atoms with Gasteiger partial charge >= 0.3 is 0 Å². The van der Waals surface area contributed by atoms with Crippen LogP contribution in [0.4, 0.5) is 0 Å². The molecular weight excluding hydrogens is 354 g/mol. The van der Waals surface area contributed by atoms with E-state index in [-0.39, 0.29) is 23.2 Å². The molecule has 1 aliphatic heterocycles. The fraction of sp³-hybridized carbons (Fsp3) is 0.864. The Labute approximate surface area is 168 Å². The molecule has 0 saturated carbocycles. The van der Waals surface area contributed by atoms with Crippen LogP contribution in [0.25, 0.3) is 0 Å². The van der Waals surface area contributed by atoms with E-state index in [1.807, 2.05) is 19.9 Å². The molecule has 1 rings (SSSR count). The lowest BCUT2D eigenvalue weighted by Gasteiger charge is -2.46. The van der Waals surface area contributed by atoms with Crippen molar-refractivity contribution in [1.82, 2.24) is 0 Å². The SMILES string of the molecule is C=C[C@@H]([C@@H]1CC(C#N)OC(C)(C)O1)[C@@H](CCCCC)O[Si](C)(C)C(C)(C)C. The molecule has 0 spiro atoms. The number of nitriles is 1. The van der Waals surface area contributed by atoms with Crippen molar-refractivity contribution in [1.29, 1.82) is 5.26 Å². The van der Waals surface area contributed by atoms with Crippen LogP contribution >= 0.6 is 0 Å². The zero-order chi connectivity index (χ0) is 20.9. The van der Waals surface area contributed by atoms with Gasteiger partial charge in [0.1, 0.15) is 6.10 Å². The number of nitrogens with zero attached hydrogens (tertiary/aromatic N) is 1. The van der Waals surface area contributed by atoms with Gasteiger partial charge in [-0.2, -0.15) is 5.26 Å². The van der Waals surface area contributed by atoms with Crippen LogP contribution in [0, 0.1) is 17.2 Å². The summed E-state index contributed by atoms with van der Waals surface area (Å²) < 4.78 is 18.8. The van der Waals surface area contributed by atoms with Crippen LogP contribution in [-0.4, -0.2) is 32.4 Å². The van der Waals surface area contributed by atoms with Gasteiger partial charge in [0.25, 0.3) is 0 Å². The van der Waals surface area contributed by atoms with Crippen molar-refractivity contribution in [3.63, 3.8) is 0 Å². The molecule has 0 aromatic carbocycles. The summed E-state index contributed by atoms with van der Waals surface area (Å²) in [4.78, 5) is 0. The third-order valence-electron chi connectivity index (χ3n) is 5.93. The molecule has 1 unspecified atom stereocenters. The molecule has 1 aliphatic rings. The van der Waals surface area contributed by atoms with E-state index >= 15 is 0 Å². The lowest BCUT2D eigenvalue weighted by Crippen LogP contribution is -2.52. The van der Waals surface area contributed by atoms with Gasteiger partial charge in [0.15, 0.2) is 14.1 Å². The highest BCUT2D eigenvalue weighted by Crippen LogP contribution is 2.41. The predicted octanol–water partition coefficient (Wildman–Crippen LogP) is 6.19. The molecule has 0 aromatic rings. The first-order chi connectivity index (χ1) is 12.4. The zero-order valence-corrected chi connectivity index (χ0v) is 19.8. The number of hydrogen-bond acceptors (Lipinski definition) is 4. The Bertz CT molecular complexity index is 519. The molecule has 5 heteroatoms. The standard InChI is InChI=1S/C22H41NO3Si/c1-10-12-13-14-19(26-27(8,9)21(3,4)5)18(11-2)20-15-17(16-23)24-22(6,7)25-20/h11,17-20H,2,10,12-15H2,1,3-9H3/t17?,18-,19-,20+/m1/s1. The average Bonchev–Trinajstić information content (AvgIpc) is 2.52. The van der Waals surface area contributed by atoms with Gasteiger partial charge in [0.05, 0.1) is 18.3 Å². The molecule has 1 saturated heterocycles. The summed E-state index contributed by atoms with van der Waals surface area (Å²) in [6, 6.07) is 2.26. The molecule has 0 aliphatic carbocycles. The average molecular weight is 396 g/mol. The van der Waals surface area contributed by atoms with Crippen molar-refractivity contribution in [2.75, 3.05) is 0 Å². The molecule has 0 amide bonds. The summed E-state index contributed by atoms with van der Waals surface area (Å²) in [5, 5.41) is 9.57. The fourth-order valence-electron chi connectivity index (χ4n) is 3.38. The van der Waals surface area contributed by atoms with Crippen LogP contribution in [0.2, 0.25) is 18.1 Å². The Morgan fingerprint density at radius 3 is 2.41 bits per heavy atom. The Morgan fingerprint density at radius 1 is 1.30 bits per heavy atom. The number of ether oxygens (including phenoxy) is 2. The van der Waals surface area contributed by atoms with Gasteiger partial charge in [0, 0.05) is 12.3 Å². The third-order valence-corrected chi connectivity index (χ3v) is 10.4. The first-order valence-corrected chi connectivity index (χ1v) is 13.3. The van der Waals surface area contributed by atoms with Crippen molar-refractivity contribution in [2.24, 2.45) is 5.92 Å². The van der Waals surface area contributed by atoms with Crippen LogP contribution in [0.5, 0.6) is 0 Å². The third kappa shape index (κ3) is 7.01. The monoisotopic (exact) mass is 395 g/mol. The summed E-state index contributed by atoms with van der Waals surface area (Å²) in [6.07, 6.45) is 6.53. The second-order valence-corrected chi connectivity index (χ2v) is 14.5. The first-order valence-electron chi connectivity index (χ1n) is 10.4. The maximum Gasteiger partial charge on any atom is 0.192 e. The van der Waals surface area contributed by atoms with Crippen molar-refractivity contribution < 1.29 is 13.9 Å². The van der Waals surface area contributed by atoms with Gasteiger partial charge in [-0.15, -0.1) is 6.58 Å². The summed E-state index contributed by atoms with van der Waals surface area (Å²) in [5.41, 5.74) is 0. The molecule has 0 N–H and O–H groups in total. The minimum Gasteiger partial charge on any atom is -0.413 e. The minimum atomic E-state index is -1.93. The van der Waals surface area contributed by atoms with E-state index in [2.05, 4.69) is 53.4 Å². The molecular formula is C22H41NO3Si. The fourth-order valence-corrected chi connectivity index (χ4v) is 4.77. The highest BCUT2D eigenvalue weighted by atomic mass is 28.4. The Balaban J connectivity index is 3.08. The first kappa shape index (κ1) is 24.4. The van der Waals surface area contributed by atoms with E-state index < -0.39 is 20.2 Å². The van der Waals surface area contributed by atoms with Gasteiger partial charge in [-0.05, 0) is 38.4 Å². The van der Waals surface area contributed by atoms with Crippen LogP contribution in [-0.2, 0) is 13.9 Å². The van der Waals surface area contributed by atoms with Gasteiger partial charge in [0.2, 0.25) is 0 Å². The Kier molecular flexibility index (Phi) is 8.75. The van der Waals surface area contributed by atoms with E-state index in [4.69, 9.17) is 13.9 Å². The quantitative estimate of drug-likeness (QED) is 0.265. The molecule has 4 nitrogen and oxygen atoms in total.